The van der Waals surface area contributed by atoms with Gasteiger partial charge in [-0.3, -0.25) is 0 Å². The molecule has 3 aromatic rings. The second-order valence-corrected chi connectivity index (χ2v) is 5.18. The SMILES string of the molecule is O=C(O)c1cc2c(cc1F)c(=Nc1ccc(F)c(Cl)c1)ncn2O. The number of aromatic nitrogens is 2. The fraction of sp³-hybridized carbons (Fsp3) is 0. The van der Waals surface area contributed by atoms with Crippen LogP contribution in [0, 0.1) is 11.6 Å². The van der Waals surface area contributed by atoms with Crippen LogP contribution in [-0.4, -0.2) is 26.0 Å². The van der Waals surface area contributed by atoms with Gasteiger partial charge in [0.25, 0.3) is 0 Å². The maximum absolute atomic E-state index is 13.9. The van der Waals surface area contributed by atoms with E-state index >= 15 is 0 Å². The van der Waals surface area contributed by atoms with Crippen LogP contribution in [-0.2, 0) is 0 Å². The smallest absolute Gasteiger partial charge is 0.338 e. The lowest BCUT2D eigenvalue weighted by atomic mass is 10.1. The Hall–Kier alpha value is -3.00. The van der Waals surface area contributed by atoms with Crippen molar-refractivity contribution >= 4 is 34.2 Å². The summed E-state index contributed by atoms with van der Waals surface area (Å²) in [5.41, 5.74) is -0.342. The van der Waals surface area contributed by atoms with Crippen molar-refractivity contribution in [1.29, 1.82) is 0 Å². The zero-order valence-electron chi connectivity index (χ0n) is 11.7. The second kappa shape index (κ2) is 5.89. The van der Waals surface area contributed by atoms with Gasteiger partial charge in [-0.15, -0.1) is 0 Å². The molecule has 6 nitrogen and oxygen atoms in total. The summed E-state index contributed by atoms with van der Waals surface area (Å²) in [6, 6.07) is 5.58. The van der Waals surface area contributed by atoms with Crippen LogP contribution < -0.4 is 5.49 Å². The Kier molecular flexibility index (Phi) is 3.90. The molecule has 0 spiro atoms. The fourth-order valence-electron chi connectivity index (χ4n) is 2.10. The average molecular weight is 352 g/mol. The number of carboxylic acid groups (broad SMARTS) is 1. The third-order valence-electron chi connectivity index (χ3n) is 3.23. The summed E-state index contributed by atoms with van der Waals surface area (Å²) in [5, 5.41) is 18.6. The van der Waals surface area contributed by atoms with Gasteiger partial charge in [0.05, 0.1) is 21.8 Å². The minimum absolute atomic E-state index is 0.00393. The molecule has 0 fully saturated rings. The van der Waals surface area contributed by atoms with Gasteiger partial charge in [-0.1, -0.05) is 11.6 Å². The van der Waals surface area contributed by atoms with Crippen LogP contribution in [0.5, 0.6) is 0 Å². The summed E-state index contributed by atoms with van der Waals surface area (Å²) in [7, 11) is 0. The summed E-state index contributed by atoms with van der Waals surface area (Å²) in [5.74, 6) is -3.10. The summed E-state index contributed by atoms with van der Waals surface area (Å²) < 4.78 is 27.7. The zero-order chi connectivity index (χ0) is 17.4. The molecule has 0 aliphatic rings. The Balaban J connectivity index is 2.31. The molecule has 1 heterocycles. The molecular formula is C15H8ClF2N3O3. The summed E-state index contributed by atoms with van der Waals surface area (Å²) in [6.45, 7) is 0. The van der Waals surface area contributed by atoms with E-state index in [4.69, 9.17) is 16.7 Å². The van der Waals surface area contributed by atoms with Gasteiger partial charge in [-0.2, -0.15) is 4.73 Å². The molecule has 9 heteroatoms. The largest absolute Gasteiger partial charge is 0.478 e. The van der Waals surface area contributed by atoms with Crippen molar-refractivity contribution in [3.05, 3.63) is 64.4 Å². The van der Waals surface area contributed by atoms with E-state index in [1.54, 1.807) is 0 Å². The first kappa shape index (κ1) is 15.9. The highest BCUT2D eigenvalue weighted by atomic mass is 35.5. The third kappa shape index (κ3) is 2.79. The number of hydrogen-bond donors (Lipinski definition) is 2. The first-order valence-corrected chi connectivity index (χ1v) is 6.88. The van der Waals surface area contributed by atoms with E-state index in [9.17, 15) is 18.8 Å². The van der Waals surface area contributed by atoms with Crippen molar-refractivity contribution < 1.29 is 23.9 Å². The van der Waals surface area contributed by atoms with Crippen molar-refractivity contribution in [3.8, 4) is 0 Å². The van der Waals surface area contributed by atoms with Crippen LogP contribution in [0.3, 0.4) is 0 Å². The van der Waals surface area contributed by atoms with E-state index in [2.05, 4.69) is 9.98 Å². The second-order valence-electron chi connectivity index (χ2n) is 4.78. The molecule has 1 aromatic heterocycles. The highest BCUT2D eigenvalue weighted by molar-refractivity contribution is 6.31. The minimum Gasteiger partial charge on any atom is -0.478 e. The predicted molar refractivity (Wildman–Crippen MR) is 80.5 cm³/mol. The van der Waals surface area contributed by atoms with Crippen molar-refractivity contribution in [1.82, 2.24) is 9.71 Å². The van der Waals surface area contributed by atoms with E-state index in [-0.39, 0.29) is 27.1 Å². The lowest BCUT2D eigenvalue weighted by Gasteiger charge is -2.06. The van der Waals surface area contributed by atoms with E-state index in [0.717, 1.165) is 24.5 Å². The first-order valence-electron chi connectivity index (χ1n) is 6.50. The summed E-state index contributed by atoms with van der Waals surface area (Å²) in [6.07, 6.45) is 0.982. The number of fused-ring (bicyclic) bond motifs is 1. The van der Waals surface area contributed by atoms with E-state index in [1.807, 2.05) is 0 Å². The minimum atomic E-state index is -1.48. The molecule has 24 heavy (non-hydrogen) atoms. The standard InChI is InChI=1S/C15H8ClF2N3O3/c16-10-3-7(1-2-11(10)17)20-14-9-4-12(18)8(15(22)23)5-13(9)21(24)6-19-14/h1-6,24H,(H,22,23). The van der Waals surface area contributed by atoms with Crippen LogP contribution in [0.1, 0.15) is 10.4 Å². The molecule has 0 bridgehead atoms. The van der Waals surface area contributed by atoms with Gasteiger partial charge in [0.1, 0.15) is 18.0 Å². The average Bonchev–Trinajstić information content (AvgIpc) is 2.53. The van der Waals surface area contributed by atoms with Crippen LogP contribution in [0.2, 0.25) is 5.02 Å². The Morgan fingerprint density at radius 1 is 1.21 bits per heavy atom. The normalized spacial score (nSPS) is 11.9. The molecule has 0 saturated heterocycles. The predicted octanol–water partition coefficient (Wildman–Crippen LogP) is 3.14. The van der Waals surface area contributed by atoms with Crippen molar-refractivity contribution in [3.63, 3.8) is 0 Å². The summed E-state index contributed by atoms with van der Waals surface area (Å²) >= 11 is 5.68. The number of carbonyl (C=O) groups is 1. The highest BCUT2D eigenvalue weighted by Gasteiger charge is 2.14. The van der Waals surface area contributed by atoms with Crippen LogP contribution in [0.15, 0.2) is 41.7 Å². The highest BCUT2D eigenvalue weighted by Crippen LogP contribution is 2.22. The molecule has 3 rings (SSSR count). The first-order chi connectivity index (χ1) is 11.4. The van der Waals surface area contributed by atoms with Crippen molar-refractivity contribution in [2.75, 3.05) is 0 Å². The Labute approximate surface area is 137 Å². The molecular weight excluding hydrogens is 344 g/mol. The molecule has 0 unspecified atom stereocenters. The molecule has 0 saturated carbocycles. The quantitative estimate of drug-likeness (QED) is 0.694. The van der Waals surface area contributed by atoms with Crippen LogP contribution in [0.25, 0.3) is 10.9 Å². The van der Waals surface area contributed by atoms with Gasteiger partial charge < -0.3 is 10.3 Å². The summed E-state index contributed by atoms with van der Waals surface area (Å²) in [4.78, 5) is 19.0. The molecule has 0 aliphatic carbocycles. The van der Waals surface area contributed by atoms with Gasteiger partial charge in [-0.25, -0.2) is 23.6 Å². The van der Waals surface area contributed by atoms with Gasteiger partial charge in [0, 0.05) is 5.39 Å². The van der Waals surface area contributed by atoms with E-state index in [0.29, 0.717) is 4.73 Å². The maximum atomic E-state index is 13.9. The topological polar surface area (TPSA) is 87.7 Å². The lowest BCUT2D eigenvalue weighted by molar-refractivity contribution is 0.0692. The monoisotopic (exact) mass is 351 g/mol. The molecule has 0 aliphatic heterocycles. The zero-order valence-corrected chi connectivity index (χ0v) is 12.5. The van der Waals surface area contributed by atoms with Gasteiger partial charge in [0.15, 0.2) is 5.49 Å². The third-order valence-corrected chi connectivity index (χ3v) is 3.52. The maximum Gasteiger partial charge on any atom is 0.338 e. The van der Waals surface area contributed by atoms with E-state index < -0.39 is 23.2 Å². The van der Waals surface area contributed by atoms with Crippen LogP contribution >= 0.6 is 11.6 Å². The Bertz CT molecular complexity index is 1050. The lowest BCUT2D eigenvalue weighted by Crippen LogP contribution is -2.14. The Morgan fingerprint density at radius 2 is 1.96 bits per heavy atom. The molecule has 0 amide bonds. The van der Waals surface area contributed by atoms with Crippen molar-refractivity contribution in [2.45, 2.75) is 0 Å². The fourth-order valence-corrected chi connectivity index (χ4v) is 2.28. The number of aromatic carboxylic acids is 1. The number of rotatable bonds is 2. The number of halogens is 3. The Morgan fingerprint density at radius 3 is 2.62 bits per heavy atom. The number of nitrogens with zero attached hydrogens (tertiary/aromatic N) is 3. The molecule has 2 N–H and O–H groups in total. The number of benzene rings is 2. The number of carboxylic acids is 1. The van der Waals surface area contributed by atoms with Crippen molar-refractivity contribution in [2.24, 2.45) is 4.99 Å². The van der Waals surface area contributed by atoms with Crippen LogP contribution in [0.4, 0.5) is 14.5 Å². The van der Waals surface area contributed by atoms with E-state index in [1.165, 1.54) is 12.1 Å². The number of hydrogen-bond acceptors (Lipinski definition) is 4. The van der Waals surface area contributed by atoms with Gasteiger partial charge in [-0.05, 0) is 30.3 Å². The molecule has 0 radical (unpaired) electrons. The molecule has 122 valence electrons. The van der Waals surface area contributed by atoms with Gasteiger partial charge in [0.2, 0.25) is 0 Å². The molecule has 2 aromatic carbocycles. The molecule has 0 atom stereocenters. The van der Waals surface area contributed by atoms with Gasteiger partial charge >= 0.3 is 5.97 Å².